The number of Topliss-reactive ketones (excluding diaryl/α,β-unsaturated/α-hetero) is 1. The second-order valence-corrected chi connectivity index (χ2v) is 4.07. The molecule has 0 amide bonds. The number of aromatic hydroxyl groups is 1. The van der Waals surface area contributed by atoms with E-state index in [1.807, 2.05) is 6.92 Å². The van der Waals surface area contributed by atoms with Crippen molar-refractivity contribution >= 4 is 17.4 Å². The topological polar surface area (TPSA) is 37.3 Å². The summed E-state index contributed by atoms with van der Waals surface area (Å²) >= 11 is 5.77. The van der Waals surface area contributed by atoms with Gasteiger partial charge in [-0.05, 0) is 24.6 Å². The van der Waals surface area contributed by atoms with E-state index in [1.165, 1.54) is 0 Å². The summed E-state index contributed by atoms with van der Waals surface area (Å²) in [5.74, 6) is -0.345. The normalized spacial score (nSPS) is 10.6. The lowest BCUT2D eigenvalue weighted by Crippen LogP contribution is -2.08. The Morgan fingerprint density at radius 3 is 2.50 bits per heavy atom. The summed E-state index contributed by atoms with van der Waals surface area (Å²) in [6.07, 6.45) is 0. The maximum Gasteiger partial charge on any atom is 0.169 e. The minimum atomic E-state index is -0.140. The highest BCUT2D eigenvalue weighted by molar-refractivity contribution is 6.32. The van der Waals surface area contributed by atoms with Gasteiger partial charge in [0.2, 0.25) is 0 Å². The van der Waals surface area contributed by atoms with Crippen LogP contribution in [0, 0.1) is 12.8 Å². The van der Waals surface area contributed by atoms with Crippen molar-refractivity contribution in [2.24, 2.45) is 5.92 Å². The van der Waals surface area contributed by atoms with Crippen LogP contribution in [0.4, 0.5) is 0 Å². The van der Waals surface area contributed by atoms with Gasteiger partial charge < -0.3 is 5.11 Å². The van der Waals surface area contributed by atoms with Gasteiger partial charge in [-0.25, -0.2) is 0 Å². The maximum absolute atomic E-state index is 11.7. The molecule has 0 radical (unpaired) electrons. The molecular weight excluding hydrogens is 200 g/mol. The lowest BCUT2D eigenvalue weighted by Gasteiger charge is -2.08. The van der Waals surface area contributed by atoms with Gasteiger partial charge in [0.1, 0.15) is 5.75 Å². The molecule has 0 aliphatic rings. The summed E-state index contributed by atoms with van der Waals surface area (Å²) in [5, 5.41) is 9.82. The van der Waals surface area contributed by atoms with Gasteiger partial charge in [-0.3, -0.25) is 4.79 Å². The summed E-state index contributed by atoms with van der Waals surface area (Å²) in [4.78, 5) is 11.7. The highest BCUT2D eigenvalue weighted by atomic mass is 35.5. The number of benzene rings is 1. The Kier molecular flexibility index (Phi) is 3.17. The third-order valence-electron chi connectivity index (χ3n) is 2.00. The van der Waals surface area contributed by atoms with E-state index in [0.717, 1.165) is 5.56 Å². The van der Waals surface area contributed by atoms with Crippen molar-refractivity contribution < 1.29 is 9.90 Å². The van der Waals surface area contributed by atoms with Crippen molar-refractivity contribution in [3.05, 3.63) is 28.3 Å². The van der Waals surface area contributed by atoms with E-state index in [0.29, 0.717) is 5.56 Å². The number of rotatable bonds is 2. The van der Waals surface area contributed by atoms with Crippen LogP contribution >= 0.6 is 11.6 Å². The Hall–Kier alpha value is -1.02. The second-order valence-electron chi connectivity index (χ2n) is 3.66. The molecule has 0 saturated heterocycles. The van der Waals surface area contributed by atoms with Crippen LogP contribution in [-0.4, -0.2) is 10.9 Å². The maximum atomic E-state index is 11.7. The molecule has 0 atom stereocenters. The van der Waals surface area contributed by atoms with Gasteiger partial charge >= 0.3 is 0 Å². The Morgan fingerprint density at radius 2 is 2.00 bits per heavy atom. The minimum Gasteiger partial charge on any atom is -0.506 e. The van der Waals surface area contributed by atoms with Gasteiger partial charge in [-0.15, -0.1) is 0 Å². The molecule has 3 heteroatoms. The number of phenols is 1. The zero-order chi connectivity index (χ0) is 10.9. The first-order chi connectivity index (χ1) is 6.43. The number of carbonyl (C=O) groups excluding carboxylic acids is 1. The van der Waals surface area contributed by atoms with Crippen LogP contribution in [0.3, 0.4) is 0 Å². The Bertz CT molecular complexity index is 370. The van der Waals surface area contributed by atoms with E-state index in [-0.39, 0.29) is 22.5 Å². The van der Waals surface area contributed by atoms with Gasteiger partial charge in [0.25, 0.3) is 0 Å². The molecule has 1 rings (SSSR count). The molecule has 76 valence electrons. The van der Waals surface area contributed by atoms with E-state index in [9.17, 15) is 9.90 Å². The summed E-state index contributed by atoms with van der Waals surface area (Å²) in [6.45, 7) is 5.42. The fourth-order valence-electron chi connectivity index (χ4n) is 1.23. The number of hydrogen-bond donors (Lipinski definition) is 1. The number of hydrogen-bond acceptors (Lipinski definition) is 2. The summed E-state index contributed by atoms with van der Waals surface area (Å²) in [6, 6.07) is 3.29. The van der Waals surface area contributed by atoms with Crippen LogP contribution in [0.2, 0.25) is 5.02 Å². The first-order valence-corrected chi connectivity index (χ1v) is 4.84. The highest BCUT2D eigenvalue weighted by Gasteiger charge is 2.17. The largest absolute Gasteiger partial charge is 0.506 e. The monoisotopic (exact) mass is 212 g/mol. The molecule has 14 heavy (non-hydrogen) atoms. The van der Waals surface area contributed by atoms with Crippen molar-refractivity contribution in [2.75, 3.05) is 0 Å². The predicted molar refractivity (Wildman–Crippen MR) is 57.0 cm³/mol. The SMILES string of the molecule is Cc1cc(Cl)c(O)c(C(=O)C(C)C)c1. The van der Waals surface area contributed by atoms with Crippen LogP contribution in [0.25, 0.3) is 0 Å². The number of carbonyl (C=O) groups is 1. The van der Waals surface area contributed by atoms with E-state index in [2.05, 4.69) is 0 Å². The molecule has 0 unspecified atom stereocenters. The summed E-state index contributed by atoms with van der Waals surface area (Å²) in [5.41, 5.74) is 1.18. The number of ketones is 1. The molecule has 1 N–H and O–H groups in total. The predicted octanol–water partition coefficient (Wildman–Crippen LogP) is 3.19. The Balaban J connectivity index is 3.27. The number of halogens is 1. The van der Waals surface area contributed by atoms with E-state index in [4.69, 9.17) is 11.6 Å². The fourth-order valence-corrected chi connectivity index (χ4v) is 1.51. The smallest absolute Gasteiger partial charge is 0.169 e. The third kappa shape index (κ3) is 2.07. The zero-order valence-electron chi connectivity index (χ0n) is 8.47. The van der Waals surface area contributed by atoms with Gasteiger partial charge in [-0.2, -0.15) is 0 Å². The molecule has 0 fully saturated rings. The summed E-state index contributed by atoms with van der Waals surface area (Å²) < 4.78 is 0. The summed E-state index contributed by atoms with van der Waals surface area (Å²) in [7, 11) is 0. The first kappa shape index (κ1) is 11.1. The highest BCUT2D eigenvalue weighted by Crippen LogP contribution is 2.30. The van der Waals surface area contributed by atoms with Gasteiger partial charge in [0.05, 0.1) is 10.6 Å². The molecule has 0 aromatic heterocycles. The van der Waals surface area contributed by atoms with Gasteiger partial charge in [0, 0.05) is 5.92 Å². The van der Waals surface area contributed by atoms with Crippen LogP contribution in [0.1, 0.15) is 29.8 Å². The molecule has 1 aromatic carbocycles. The lowest BCUT2D eigenvalue weighted by atomic mass is 9.99. The van der Waals surface area contributed by atoms with Gasteiger partial charge in [-0.1, -0.05) is 25.4 Å². The fraction of sp³-hybridized carbons (Fsp3) is 0.364. The molecule has 0 aliphatic heterocycles. The van der Waals surface area contributed by atoms with Crippen molar-refractivity contribution in [3.8, 4) is 5.75 Å². The van der Waals surface area contributed by atoms with Crippen LogP contribution in [0.15, 0.2) is 12.1 Å². The quantitative estimate of drug-likeness (QED) is 0.765. The van der Waals surface area contributed by atoms with Crippen molar-refractivity contribution in [1.29, 1.82) is 0 Å². The Morgan fingerprint density at radius 1 is 1.43 bits per heavy atom. The molecule has 0 spiro atoms. The van der Waals surface area contributed by atoms with Crippen LogP contribution in [0.5, 0.6) is 5.75 Å². The minimum absolute atomic E-state index is 0.0897. The van der Waals surface area contributed by atoms with Crippen LogP contribution < -0.4 is 0 Å². The third-order valence-corrected chi connectivity index (χ3v) is 2.29. The van der Waals surface area contributed by atoms with Crippen LogP contribution in [-0.2, 0) is 0 Å². The molecule has 0 saturated carbocycles. The zero-order valence-corrected chi connectivity index (χ0v) is 9.22. The average Bonchev–Trinajstić information content (AvgIpc) is 2.09. The van der Waals surface area contributed by atoms with E-state index in [1.54, 1.807) is 26.0 Å². The molecule has 1 aromatic rings. The molecule has 2 nitrogen and oxygen atoms in total. The molecular formula is C11H13ClO2. The van der Waals surface area contributed by atoms with E-state index < -0.39 is 0 Å². The van der Waals surface area contributed by atoms with Crippen molar-refractivity contribution in [3.63, 3.8) is 0 Å². The van der Waals surface area contributed by atoms with E-state index >= 15 is 0 Å². The van der Waals surface area contributed by atoms with Crippen molar-refractivity contribution in [2.45, 2.75) is 20.8 Å². The standard InChI is InChI=1S/C11H13ClO2/c1-6(2)10(13)8-4-7(3)5-9(12)11(8)14/h4-6,14H,1-3H3. The average molecular weight is 213 g/mol. The first-order valence-electron chi connectivity index (χ1n) is 4.46. The molecule has 0 heterocycles. The van der Waals surface area contributed by atoms with Crippen molar-refractivity contribution in [1.82, 2.24) is 0 Å². The number of phenolic OH excluding ortho intramolecular Hbond substituents is 1. The van der Waals surface area contributed by atoms with Gasteiger partial charge in [0.15, 0.2) is 5.78 Å². The number of aryl methyl sites for hydroxylation is 1. The second kappa shape index (κ2) is 4.01. The molecule has 0 bridgehead atoms. The molecule has 0 aliphatic carbocycles. The Labute approximate surface area is 88.5 Å². The lowest BCUT2D eigenvalue weighted by molar-refractivity contribution is 0.0936.